The lowest BCUT2D eigenvalue weighted by molar-refractivity contribution is 0.626. The molecule has 0 fully saturated rings. The van der Waals surface area contributed by atoms with E-state index in [1.165, 1.54) is 0 Å². The Labute approximate surface area is 99.3 Å². The maximum Gasteiger partial charge on any atom is 0.159 e. The van der Waals surface area contributed by atoms with Gasteiger partial charge in [0.25, 0.3) is 0 Å². The predicted octanol–water partition coefficient (Wildman–Crippen LogP) is 1.72. The van der Waals surface area contributed by atoms with Crippen molar-refractivity contribution >= 4 is 22.9 Å². The molecule has 2 N–H and O–H groups in total. The van der Waals surface area contributed by atoms with Gasteiger partial charge in [0, 0.05) is 13.2 Å². The van der Waals surface area contributed by atoms with Crippen LogP contribution < -0.4 is 5.73 Å². The number of imidazole rings is 1. The van der Waals surface area contributed by atoms with Crippen LogP contribution in [0.4, 0.5) is 0 Å². The van der Waals surface area contributed by atoms with Crippen LogP contribution in [-0.4, -0.2) is 26.5 Å². The summed E-state index contributed by atoms with van der Waals surface area (Å²) in [6.07, 6.45) is 4.81. The predicted molar refractivity (Wildman–Crippen MR) is 68.4 cm³/mol. The first-order valence-corrected chi connectivity index (χ1v) is 6.65. The molecule has 0 aromatic carbocycles. The van der Waals surface area contributed by atoms with Crippen LogP contribution in [0.15, 0.2) is 18.3 Å². The van der Waals surface area contributed by atoms with Crippen molar-refractivity contribution in [2.45, 2.75) is 12.5 Å². The lowest BCUT2D eigenvalue weighted by atomic mass is 10.2. The van der Waals surface area contributed by atoms with Crippen molar-refractivity contribution in [3.63, 3.8) is 0 Å². The molecule has 0 aliphatic heterocycles. The Morgan fingerprint density at radius 2 is 2.38 bits per heavy atom. The molecule has 0 amide bonds. The lowest BCUT2D eigenvalue weighted by Gasteiger charge is -2.10. The Hall–Kier alpha value is -1.07. The number of rotatable bonds is 4. The topological polar surface area (TPSA) is 56.7 Å². The zero-order chi connectivity index (χ0) is 11.5. The second kappa shape index (κ2) is 4.84. The number of hydrogen-bond donors (Lipinski definition) is 1. The average molecular weight is 236 g/mol. The van der Waals surface area contributed by atoms with Gasteiger partial charge in [-0.05, 0) is 30.6 Å². The van der Waals surface area contributed by atoms with Gasteiger partial charge in [-0.1, -0.05) is 0 Å². The maximum atomic E-state index is 6.12. The summed E-state index contributed by atoms with van der Waals surface area (Å²) in [5, 5.41) is 0. The van der Waals surface area contributed by atoms with Gasteiger partial charge in [-0.15, -0.1) is 0 Å². The Kier molecular flexibility index (Phi) is 3.46. The maximum absolute atomic E-state index is 6.12. The van der Waals surface area contributed by atoms with E-state index in [9.17, 15) is 0 Å². The van der Waals surface area contributed by atoms with E-state index in [0.717, 1.165) is 29.2 Å². The molecule has 0 saturated heterocycles. The summed E-state index contributed by atoms with van der Waals surface area (Å²) in [5.74, 6) is 1.97. The monoisotopic (exact) mass is 236 g/mol. The SMILES string of the molecule is CSCC[C@@H](N)c1nc2cccnc2n1C. The van der Waals surface area contributed by atoms with Crippen LogP contribution in [0.5, 0.6) is 0 Å². The van der Waals surface area contributed by atoms with Crippen molar-refractivity contribution < 1.29 is 0 Å². The van der Waals surface area contributed by atoms with Crippen molar-refractivity contribution in [3.8, 4) is 0 Å². The normalized spacial score (nSPS) is 13.2. The van der Waals surface area contributed by atoms with E-state index in [0.29, 0.717) is 0 Å². The Balaban J connectivity index is 2.33. The Morgan fingerprint density at radius 1 is 1.56 bits per heavy atom. The lowest BCUT2D eigenvalue weighted by Crippen LogP contribution is -2.16. The molecule has 2 heterocycles. The van der Waals surface area contributed by atoms with E-state index in [1.54, 1.807) is 18.0 Å². The van der Waals surface area contributed by atoms with E-state index < -0.39 is 0 Å². The van der Waals surface area contributed by atoms with Crippen LogP contribution in [-0.2, 0) is 7.05 Å². The summed E-state index contributed by atoms with van der Waals surface area (Å²) in [5.41, 5.74) is 7.94. The van der Waals surface area contributed by atoms with Crippen LogP contribution in [0.3, 0.4) is 0 Å². The molecule has 0 saturated carbocycles. The summed E-state index contributed by atoms with van der Waals surface area (Å²) in [7, 11) is 1.97. The molecule has 2 aromatic heterocycles. The standard InChI is InChI=1S/C11H16N4S/c1-15-10(8(12)5-7-16-2)14-9-4-3-6-13-11(9)15/h3-4,6,8H,5,7,12H2,1-2H3/t8-/m1/s1. The number of hydrogen-bond acceptors (Lipinski definition) is 4. The minimum atomic E-state index is -0.00773. The molecular weight excluding hydrogens is 220 g/mol. The van der Waals surface area contributed by atoms with Crippen molar-refractivity contribution in [1.29, 1.82) is 0 Å². The van der Waals surface area contributed by atoms with Gasteiger partial charge in [-0.2, -0.15) is 11.8 Å². The zero-order valence-electron chi connectivity index (χ0n) is 9.55. The molecule has 2 aromatic rings. The highest BCUT2D eigenvalue weighted by atomic mass is 32.2. The highest BCUT2D eigenvalue weighted by Crippen LogP contribution is 2.19. The molecular formula is C11H16N4S. The average Bonchev–Trinajstić information content (AvgIpc) is 2.64. The Morgan fingerprint density at radius 3 is 3.06 bits per heavy atom. The summed E-state index contributed by atoms with van der Waals surface area (Å²) in [6, 6.07) is 3.85. The van der Waals surface area contributed by atoms with Gasteiger partial charge in [0.2, 0.25) is 0 Å². The molecule has 0 spiro atoms. The fraction of sp³-hybridized carbons (Fsp3) is 0.455. The van der Waals surface area contributed by atoms with Crippen LogP contribution in [0.25, 0.3) is 11.2 Å². The minimum Gasteiger partial charge on any atom is -0.321 e. The third-order valence-corrected chi connectivity index (χ3v) is 3.27. The quantitative estimate of drug-likeness (QED) is 0.878. The van der Waals surface area contributed by atoms with Gasteiger partial charge in [0.1, 0.15) is 11.3 Å². The first kappa shape index (κ1) is 11.4. The highest BCUT2D eigenvalue weighted by Gasteiger charge is 2.14. The van der Waals surface area contributed by atoms with E-state index in [-0.39, 0.29) is 6.04 Å². The fourth-order valence-corrected chi connectivity index (χ4v) is 2.24. The molecule has 16 heavy (non-hydrogen) atoms. The molecule has 86 valence electrons. The van der Waals surface area contributed by atoms with Crippen molar-refractivity contribution in [1.82, 2.24) is 14.5 Å². The van der Waals surface area contributed by atoms with Gasteiger partial charge in [-0.25, -0.2) is 9.97 Å². The summed E-state index contributed by atoms with van der Waals surface area (Å²) in [6.45, 7) is 0. The summed E-state index contributed by atoms with van der Waals surface area (Å²) < 4.78 is 1.99. The van der Waals surface area contributed by atoms with E-state index in [2.05, 4.69) is 16.2 Å². The number of aromatic nitrogens is 3. The van der Waals surface area contributed by atoms with Crippen LogP contribution in [0.1, 0.15) is 18.3 Å². The van der Waals surface area contributed by atoms with Crippen LogP contribution >= 0.6 is 11.8 Å². The van der Waals surface area contributed by atoms with Gasteiger partial charge in [0.15, 0.2) is 5.65 Å². The third-order valence-electron chi connectivity index (χ3n) is 2.63. The second-order valence-corrected chi connectivity index (χ2v) is 4.75. The number of thioether (sulfide) groups is 1. The first-order valence-electron chi connectivity index (χ1n) is 5.26. The van der Waals surface area contributed by atoms with Gasteiger partial charge < -0.3 is 10.3 Å². The van der Waals surface area contributed by atoms with Crippen molar-refractivity contribution in [2.24, 2.45) is 12.8 Å². The first-order chi connectivity index (χ1) is 7.74. The number of fused-ring (bicyclic) bond motifs is 1. The molecule has 0 aliphatic carbocycles. The summed E-state index contributed by atoms with van der Waals surface area (Å²) in [4.78, 5) is 8.84. The number of nitrogens with zero attached hydrogens (tertiary/aromatic N) is 3. The second-order valence-electron chi connectivity index (χ2n) is 3.76. The molecule has 0 aliphatic rings. The van der Waals surface area contributed by atoms with E-state index >= 15 is 0 Å². The molecule has 5 heteroatoms. The molecule has 2 rings (SSSR count). The van der Waals surface area contributed by atoms with E-state index in [1.807, 2.05) is 23.7 Å². The van der Waals surface area contributed by atoms with Crippen LogP contribution in [0, 0.1) is 0 Å². The van der Waals surface area contributed by atoms with Gasteiger partial charge in [-0.3, -0.25) is 0 Å². The third kappa shape index (κ3) is 2.05. The molecule has 0 bridgehead atoms. The van der Waals surface area contributed by atoms with Crippen LogP contribution in [0.2, 0.25) is 0 Å². The molecule has 4 nitrogen and oxygen atoms in total. The molecule has 0 radical (unpaired) electrons. The number of aryl methyl sites for hydroxylation is 1. The molecule has 1 atom stereocenters. The number of pyridine rings is 1. The smallest absolute Gasteiger partial charge is 0.159 e. The summed E-state index contributed by atoms with van der Waals surface area (Å²) >= 11 is 1.80. The van der Waals surface area contributed by atoms with Gasteiger partial charge in [0.05, 0.1) is 6.04 Å². The number of nitrogens with two attached hydrogens (primary N) is 1. The zero-order valence-corrected chi connectivity index (χ0v) is 10.4. The minimum absolute atomic E-state index is 0.00773. The highest BCUT2D eigenvalue weighted by molar-refractivity contribution is 7.98. The molecule has 0 unspecified atom stereocenters. The fourth-order valence-electron chi connectivity index (χ4n) is 1.75. The van der Waals surface area contributed by atoms with Gasteiger partial charge >= 0.3 is 0 Å². The Bertz CT molecular complexity index is 480. The van der Waals surface area contributed by atoms with E-state index in [4.69, 9.17) is 5.73 Å². The van der Waals surface area contributed by atoms with Crippen molar-refractivity contribution in [2.75, 3.05) is 12.0 Å². The largest absolute Gasteiger partial charge is 0.321 e. The van der Waals surface area contributed by atoms with Crippen molar-refractivity contribution in [3.05, 3.63) is 24.2 Å².